The van der Waals surface area contributed by atoms with Crippen LogP contribution in [0.4, 0.5) is 11.4 Å². The molecule has 8 heteroatoms. The number of benzene rings is 2. The highest BCUT2D eigenvalue weighted by Crippen LogP contribution is 2.26. The average molecular weight is 358 g/mol. The summed E-state index contributed by atoms with van der Waals surface area (Å²) < 4.78 is 0. The van der Waals surface area contributed by atoms with Crippen molar-refractivity contribution in [3.63, 3.8) is 0 Å². The van der Waals surface area contributed by atoms with Crippen LogP contribution in [0.1, 0.15) is 5.56 Å². The van der Waals surface area contributed by atoms with E-state index in [1.54, 1.807) is 36.4 Å². The van der Waals surface area contributed by atoms with Gasteiger partial charge in [0.2, 0.25) is 5.91 Å². The molecule has 0 radical (unpaired) electrons. The Morgan fingerprint density at radius 1 is 0.960 bits per heavy atom. The Morgan fingerprint density at radius 2 is 1.56 bits per heavy atom. The lowest BCUT2D eigenvalue weighted by Crippen LogP contribution is -2.37. The molecule has 0 aromatic heterocycles. The molecule has 3 amide bonds. The topological polar surface area (TPSA) is 119 Å². The number of nitrogens with zero attached hydrogens (tertiary/aromatic N) is 1. The van der Waals surface area contributed by atoms with Gasteiger partial charge in [-0.05, 0) is 29.8 Å². The normalized spacial score (nSPS) is 10.1. The molecule has 5 N–H and O–H groups in total. The van der Waals surface area contributed by atoms with Gasteiger partial charge in [0.15, 0.2) is 0 Å². The minimum Gasteiger partial charge on any atom is -0.361 e. The summed E-state index contributed by atoms with van der Waals surface area (Å²) in [6.45, 7) is 0. The minimum atomic E-state index is -1.03. The van der Waals surface area contributed by atoms with Gasteiger partial charge in [-0.1, -0.05) is 30.3 Å². The fraction of sp³-hybridized carbons (Fsp3) is 0.118. The van der Waals surface area contributed by atoms with Crippen molar-refractivity contribution in [3.05, 3.63) is 60.2 Å². The summed E-state index contributed by atoms with van der Waals surface area (Å²) in [6.07, 6.45) is 0. The monoisotopic (exact) mass is 358 g/mol. The van der Waals surface area contributed by atoms with E-state index < -0.39 is 11.8 Å². The second-order valence-corrected chi connectivity index (χ2v) is 6.05. The maximum atomic E-state index is 12.2. The van der Waals surface area contributed by atoms with Gasteiger partial charge in [0.25, 0.3) is 0 Å². The first-order valence-corrected chi connectivity index (χ1v) is 8.53. The van der Waals surface area contributed by atoms with E-state index in [-0.39, 0.29) is 11.7 Å². The number of primary amides is 1. The Labute approximate surface area is 149 Å². The Balaban J connectivity index is 2.17. The van der Waals surface area contributed by atoms with Crippen LogP contribution in [0, 0.1) is 0 Å². The molecule has 0 atom stereocenters. The second kappa shape index (κ2) is 8.86. The predicted molar refractivity (Wildman–Crippen MR) is 97.7 cm³/mol. The highest BCUT2D eigenvalue weighted by molar-refractivity contribution is 7.99. The molecule has 0 saturated heterocycles. The van der Waals surface area contributed by atoms with Gasteiger partial charge in [0, 0.05) is 17.1 Å². The van der Waals surface area contributed by atoms with Gasteiger partial charge in [0.1, 0.15) is 0 Å². The van der Waals surface area contributed by atoms with Gasteiger partial charge in [-0.25, -0.2) is 5.84 Å². The Morgan fingerprint density at radius 3 is 2.12 bits per heavy atom. The van der Waals surface area contributed by atoms with Crippen molar-refractivity contribution in [1.29, 1.82) is 0 Å². The SMILES string of the molecule is NNC(=O)CSCc1ccc(N(C(=O)C(N)=O)c2ccccc2)cc1. The number of carbonyl (C=O) groups is 3. The van der Waals surface area contributed by atoms with E-state index in [9.17, 15) is 14.4 Å². The van der Waals surface area contributed by atoms with Crippen molar-refractivity contribution in [2.45, 2.75) is 5.75 Å². The number of thioether (sulfide) groups is 1. The summed E-state index contributed by atoms with van der Waals surface area (Å²) in [5.41, 5.74) is 9.29. The lowest BCUT2D eigenvalue weighted by Gasteiger charge is -2.21. The van der Waals surface area contributed by atoms with Gasteiger partial charge in [-0.2, -0.15) is 0 Å². The molecule has 0 heterocycles. The molecule has 2 aromatic rings. The van der Waals surface area contributed by atoms with Gasteiger partial charge in [0.05, 0.1) is 5.75 Å². The quantitative estimate of drug-likeness (QED) is 0.309. The van der Waals surface area contributed by atoms with Crippen LogP contribution in [0.25, 0.3) is 0 Å². The molecule has 0 aliphatic carbocycles. The zero-order chi connectivity index (χ0) is 18.2. The van der Waals surface area contributed by atoms with E-state index in [1.165, 1.54) is 16.7 Å². The Kier molecular flexibility index (Phi) is 6.55. The third kappa shape index (κ3) is 5.07. The number of carbonyl (C=O) groups excluding carboxylic acids is 3. The molecule has 0 bridgehead atoms. The van der Waals surface area contributed by atoms with Crippen molar-refractivity contribution in [1.82, 2.24) is 5.43 Å². The molecule has 7 nitrogen and oxygen atoms in total. The van der Waals surface area contributed by atoms with Crippen LogP contribution in [-0.4, -0.2) is 23.5 Å². The largest absolute Gasteiger partial charge is 0.361 e. The Hall–Kier alpha value is -2.84. The van der Waals surface area contributed by atoms with E-state index in [0.29, 0.717) is 17.1 Å². The number of amides is 3. The molecule has 0 saturated carbocycles. The van der Waals surface area contributed by atoms with Crippen LogP contribution < -0.4 is 21.9 Å². The highest BCUT2D eigenvalue weighted by Gasteiger charge is 2.22. The van der Waals surface area contributed by atoms with Crippen LogP contribution in [0.5, 0.6) is 0 Å². The van der Waals surface area contributed by atoms with Gasteiger partial charge < -0.3 is 5.73 Å². The summed E-state index contributed by atoms with van der Waals surface area (Å²) >= 11 is 1.41. The minimum absolute atomic E-state index is 0.246. The second-order valence-electron chi connectivity index (χ2n) is 5.07. The molecule has 25 heavy (non-hydrogen) atoms. The highest BCUT2D eigenvalue weighted by atomic mass is 32.2. The molecule has 2 aromatic carbocycles. The predicted octanol–water partition coefficient (Wildman–Crippen LogP) is 1.06. The number of nitrogens with two attached hydrogens (primary N) is 2. The van der Waals surface area contributed by atoms with Gasteiger partial charge >= 0.3 is 11.8 Å². The van der Waals surface area contributed by atoms with Crippen LogP contribution in [0.15, 0.2) is 54.6 Å². The van der Waals surface area contributed by atoms with E-state index in [0.717, 1.165) is 5.56 Å². The van der Waals surface area contributed by atoms with E-state index >= 15 is 0 Å². The summed E-state index contributed by atoms with van der Waals surface area (Å²) in [4.78, 5) is 35.9. The van der Waals surface area contributed by atoms with Crippen molar-refractivity contribution < 1.29 is 14.4 Å². The molecule has 0 aliphatic heterocycles. The van der Waals surface area contributed by atoms with E-state index in [4.69, 9.17) is 11.6 Å². The van der Waals surface area contributed by atoms with Crippen molar-refractivity contribution in [2.75, 3.05) is 10.7 Å². The van der Waals surface area contributed by atoms with Crippen molar-refractivity contribution in [3.8, 4) is 0 Å². The van der Waals surface area contributed by atoms with Crippen LogP contribution >= 0.6 is 11.8 Å². The average Bonchev–Trinajstić information content (AvgIpc) is 2.63. The third-order valence-corrected chi connectivity index (χ3v) is 4.29. The third-order valence-electron chi connectivity index (χ3n) is 3.29. The van der Waals surface area contributed by atoms with Gasteiger partial charge in [-0.3, -0.25) is 24.7 Å². The first-order valence-electron chi connectivity index (χ1n) is 7.38. The van der Waals surface area contributed by atoms with Crippen LogP contribution in [0.3, 0.4) is 0 Å². The summed E-state index contributed by atoms with van der Waals surface area (Å²) in [7, 11) is 0. The summed E-state index contributed by atoms with van der Waals surface area (Å²) in [5.74, 6) is 3.81. The first-order chi connectivity index (χ1) is 12.0. The fourth-order valence-corrected chi connectivity index (χ4v) is 2.91. The number of hydrogen-bond acceptors (Lipinski definition) is 5. The van der Waals surface area contributed by atoms with Crippen molar-refractivity contribution in [2.24, 2.45) is 11.6 Å². The van der Waals surface area contributed by atoms with Gasteiger partial charge in [-0.15, -0.1) is 11.8 Å². The number of anilines is 2. The number of nitrogens with one attached hydrogen (secondary N) is 1. The molecule has 0 fully saturated rings. The van der Waals surface area contributed by atoms with Crippen LogP contribution in [-0.2, 0) is 20.1 Å². The molecular formula is C17H18N4O3S. The fourth-order valence-electron chi connectivity index (χ4n) is 2.12. The smallest absolute Gasteiger partial charge is 0.320 e. The van der Waals surface area contributed by atoms with Crippen LogP contribution in [0.2, 0.25) is 0 Å². The first kappa shape index (κ1) is 18.5. The molecular weight excluding hydrogens is 340 g/mol. The standard InChI is InChI=1S/C17H18N4O3S/c18-16(23)17(24)21(13-4-2-1-3-5-13)14-8-6-12(7-9-14)10-25-11-15(22)20-19/h1-9H,10-11,19H2,(H2,18,23)(H,20,22). The van der Waals surface area contributed by atoms with E-state index in [1.807, 2.05) is 18.2 Å². The molecule has 0 aliphatic rings. The molecule has 0 unspecified atom stereocenters. The lowest BCUT2D eigenvalue weighted by atomic mass is 10.2. The van der Waals surface area contributed by atoms with Crippen molar-refractivity contribution >= 4 is 40.9 Å². The maximum Gasteiger partial charge on any atom is 0.320 e. The zero-order valence-corrected chi connectivity index (χ0v) is 14.2. The lowest BCUT2D eigenvalue weighted by molar-refractivity contribution is -0.135. The number of hydrogen-bond donors (Lipinski definition) is 3. The Bertz CT molecular complexity index is 750. The molecule has 2 rings (SSSR count). The summed E-state index contributed by atoms with van der Waals surface area (Å²) in [5, 5.41) is 0. The number of rotatable bonds is 6. The zero-order valence-electron chi connectivity index (χ0n) is 13.3. The summed E-state index contributed by atoms with van der Waals surface area (Å²) in [6, 6.07) is 15.9. The molecule has 130 valence electrons. The number of para-hydroxylation sites is 1. The molecule has 0 spiro atoms. The maximum absolute atomic E-state index is 12.2. The van der Waals surface area contributed by atoms with E-state index in [2.05, 4.69) is 5.43 Å². The number of hydrazine groups is 1.